The number of hydrogen-bond acceptors (Lipinski definition) is 3. The monoisotopic (exact) mass is 338 g/mol. The van der Waals surface area contributed by atoms with Gasteiger partial charge in [-0.05, 0) is 36.2 Å². The Morgan fingerprint density at radius 1 is 1.20 bits per heavy atom. The Labute approximate surface area is 147 Å². The molecule has 1 heterocycles. The van der Waals surface area contributed by atoms with Gasteiger partial charge in [-0.2, -0.15) is 0 Å². The second kappa shape index (κ2) is 7.49. The number of anilines is 1. The number of amides is 2. The number of hydrogen-bond donors (Lipinski definition) is 0. The number of carbonyl (C=O) groups excluding carboxylic acids is 2. The quantitative estimate of drug-likeness (QED) is 0.842. The summed E-state index contributed by atoms with van der Waals surface area (Å²) >= 11 is 0. The molecule has 0 aliphatic carbocycles. The predicted octanol–water partition coefficient (Wildman–Crippen LogP) is 2.71. The van der Waals surface area contributed by atoms with Crippen molar-refractivity contribution in [2.75, 3.05) is 25.6 Å². The molecule has 0 spiro atoms. The summed E-state index contributed by atoms with van der Waals surface area (Å²) in [5.74, 6) is -0.179. The van der Waals surface area contributed by atoms with Gasteiger partial charge in [-0.1, -0.05) is 30.3 Å². The van der Waals surface area contributed by atoms with E-state index in [0.717, 1.165) is 11.3 Å². The molecule has 0 aromatic heterocycles. The number of likely N-dealkylation sites (N-methyl/N-ethyl adjacent to an activating group) is 1. The first kappa shape index (κ1) is 17.2. The standard InChI is InChI=1S/C20H22N2O3/c1-21(19(23)16-8-6-7-15(13-16)14-25-2)18-11-12-22(20(18)24)17-9-4-3-5-10-17/h3-10,13,18H,11-12,14H2,1-2H3/t18-/m1/s1. The molecule has 0 bridgehead atoms. The molecule has 1 fully saturated rings. The van der Waals surface area contributed by atoms with Crippen molar-refractivity contribution in [1.29, 1.82) is 0 Å². The Hall–Kier alpha value is -2.66. The summed E-state index contributed by atoms with van der Waals surface area (Å²) in [6.45, 7) is 1.07. The van der Waals surface area contributed by atoms with Gasteiger partial charge in [0.1, 0.15) is 6.04 Å². The lowest BCUT2D eigenvalue weighted by Gasteiger charge is -2.24. The fourth-order valence-corrected chi connectivity index (χ4v) is 3.19. The van der Waals surface area contributed by atoms with Gasteiger partial charge in [-0.15, -0.1) is 0 Å². The van der Waals surface area contributed by atoms with Crippen LogP contribution in [0.15, 0.2) is 54.6 Å². The number of methoxy groups -OCH3 is 1. The number of nitrogens with zero attached hydrogens (tertiary/aromatic N) is 2. The van der Waals surface area contributed by atoms with Gasteiger partial charge in [0.05, 0.1) is 6.61 Å². The summed E-state index contributed by atoms with van der Waals surface area (Å²) < 4.78 is 5.12. The van der Waals surface area contributed by atoms with Crippen molar-refractivity contribution >= 4 is 17.5 Å². The number of rotatable bonds is 5. The Balaban J connectivity index is 1.75. The number of carbonyl (C=O) groups is 2. The van der Waals surface area contributed by atoms with Crippen LogP contribution < -0.4 is 4.90 Å². The molecule has 1 atom stereocenters. The molecule has 130 valence electrons. The SMILES string of the molecule is COCc1cccc(C(=O)N(C)[C@@H]2CCN(c3ccccc3)C2=O)c1. The van der Waals surface area contributed by atoms with Crippen molar-refractivity contribution in [2.24, 2.45) is 0 Å². The van der Waals surface area contributed by atoms with Crippen molar-refractivity contribution in [3.8, 4) is 0 Å². The molecule has 5 nitrogen and oxygen atoms in total. The minimum atomic E-state index is -0.432. The largest absolute Gasteiger partial charge is 0.380 e. The van der Waals surface area contributed by atoms with Crippen molar-refractivity contribution in [3.05, 3.63) is 65.7 Å². The van der Waals surface area contributed by atoms with Crippen LogP contribution >= 0.6 is 0 Å². The fraction of sp³-hybridized carbons (Fsp3) is 0.300. The number of ether oxygens (including phenoxy) is 1. The lowest BCUT2D eigenvalue weighted by Crippen LogP contribution is -2.43. The van der Waals surface area contributed by atoms with E-state index in [2.05, 4.69) is 0 Å². The van der Waals surface area contributed by atoms with Gasteiger partial charge in [-0.25, -0.2) is 0 Å². The molecule has 2 aromatic carbocycles. The highest BCUT2D eigenvalue weighted by Crippen LogP contribution is 2.24. The van der Waals surface area contributed by atoms with Crippen LogP contribution in [0.3, 0.4) is 0 Å². The van der Waals surface area contributed by atoms with E-state index in [1.165, 1.54) is 0 Å². The summed E-state index contributed by atoms with van der Waals surface area (Å²) in [5.41, 5.74) is 2.38. The molecule has 0 saturated carbocycles. The Kier molecular flexibility index (Phi) is 5.14. The summed E-state index contributed by atoms with van der Waals surface area (Å²) in [6.07, 6.45) is 0.633. The molecule has 0 radical (unpaired) electrons. The average molecular weight is 338 g/mol. The van der Waals surface area contributed by atoms with E-state index in [9.17, 15) is 9.59 Å². The number of benzene rings is 2. The van der Waals surface area contributed by atoms with Crippen LogP contribution in [0.1, 0.15) is 22.3 Å². The molecule has 5 heteroatoms. The van der Waals surface area contributed by atoms with Crippen molar-refractivity contribution in [3.63, 3.8) is 0 Å². The second-order valence-corrected chi connectivity index (χ2v) is 6.18. The van der Waals surface area contributed by atoms with Crippen LogP contribution in [0.2, 0.25) is 0 Å². The third-order valence-corrected chi connectivity index (χ3v) is 4.52. The topological polar surface area (TPSA) is 49.9 Å². The van der Waals surface area contributed by atoms with E-state index in [0.29, 0.717) is 25.1 Å². The normalized spacial score (nSPS) is 17.0. The molecule has 0 N–H and O–H groups in total. The van der Waals surface area contributed by atoms with E-state index >= 15 is 0 Å². The van der Waals surface area contributed by atoms with E-state index in [1.54, 1.807) is 30.0 Å². The van der Waals surface area contributed by atoms with Gasteiger partial charge in [0, 0.05) is 32.0 Å². The summed E-state index contributed by atoms with van der Waals surface area (Å²) in [4.78, 5) is 28.9. The molecule has 2 aromatic rings. The van der Waals surface area contributed by atoms with Gasteiger partial charge in [-0.3, -0.25) is 9.59 Å². The first-order chi connectivity index (χ1) is 12.1. The van der Waals surface area contributed by atoms with E-state index in [1.807, 2.05) is 48.5 Å². The van der Waals surface area contributed by atoms with E-state index < -0.39 is 6.04 Å². The number of para-hydroxylation sites is 1. The van der Waals surface area contributed by atoms with Gasteiger partial charge < -0.3 is 14.5 Å². The molecule has 1 aliphatic heterocycles. The van der Waals surface area contributed by atoms with Crippen LogP contribution in [0.25, 0.3) is 0 Å². The van der Waals surface area contributed by atoms with Crippen molar-refractivity contribution in [2.45, 2.75) is 19.1 Å². The molecule has 3 rings (SSSR count). The predicted molar refractivity (Wildman–Crippen MR) is 96.4 cm³/mol. The minimum absolute atomic E-state index is 0.0323. The van der Waals surface area contributed by atoms with Crippen molar-refractivity contribution in [1.82, 2.24) is 4.90 Å². The molecule has 1 aliphatic rings. The van der Waals surface area contributed by atoms with Gasteiger partial charge >= 0.3 is 0 Å². The molecule has 25 heavy (non-hydrogen) atoms. The first-order valence-corrected chi connectivity index (χ1v) is 8.33. The smallest absolute Gasteiger partial charge is 0.254 e. The van der Waals surface area contributed by atoms with Crippen LogP contribution in [0, 0.1) is 0 Å². The Bertz CT molecular complexity index is 761. The zero-order valence-corrected chi connectivity index (χ0v) is 14.5. The maximum absolute atomic E-state index is 12.8. The van der Waals surface area contributed by atoms with Gasteiger partial charge in [0.25, 0.3) is 5.91 Å². The highest BCUT2D eigenvalue weighted by molar-refractivity contribution is 6.03. The van der Waals surface area contributed by atoms with E-state index in [4.69, 9.17) is 4.74 Å². The fourth-order valence-electron chi connectivity index (χ4n) is 3.19. The molecular formula is C20H22N2O3. The van der Waals surface area contributed by atoms with Crippen LogP contribution in [0.5, 0.6) is 0 Å². The highest BCUT2D eigenvalue weighted by Gasteiger charge is 2.37. The van der Waals surface area contributed by atoms with Crippen LogP contribution in [-0.4, -0.2) is 43.5 Å². The Morgan fingerprint density at radius 2 is 1.96 bits per heavy atom. The maximum Gasteiger partial charge on any atom is 0.254 e. The summed E-state index contributed by atoms with van der Waals surface area (Å²) in [6, 6.07) is 16.5. The summed E-state index contributed by atoms with van der Waals surface area (Å²) in [7, 11) is 3.32. The van der Waals surface area contributed by atoms with Crippen LogP contribution in [-0.2, 0) is 16.1 Å². The highest BCUT2D eigenvalue weighted by atomic mass is 16.5. The van der Waals surface area contributed by atoms with E-state index in [-0.39, 0.29) is 11.8 Å². The molecule has 1 saturated heterocycles. The average Bonchev–Trinajstić information content (AvgIpc) is 3.03. The lowest BCUT2D eigenvalue weighted by atomic mass is 10.1. The van der Waals surface area contributed by atoms with Gasteiger partial charge in [0.2, 0.25) is 5.91 Å². The third kappa shape index (κ3) is 3.56. The maximum atomic E-state index is 12.8. The van der Waals surface area contributed by atoms with Crippen LogP contribution in [0.4, 0.5) is 5.69 Å². The molecule has 2 amide bonds. The lowest BCUT2D eigenvalue weighted by molar-refractivity contribution is -0.120. The van der Waals surface area contributed by atoms with Crippen molar-refractivity contribution < 1.29 is 14.3 Å². The third-order valence-electron chi connectivity index (χ3n) is 4.52. The minimum Gasteiger partial charge on any atom is -0.380 e. The zero-order valence-electron chi connectivity index (χ0n) is 14.5. The Morgan fingerprint density at radius 3 is 2.68 bits per heavy atom. The summed E-state index contributed by atoms with van der Waals surface area (Å²) in [5, 5.41) is 0. The molecular weight excluding hydrogens is 316 g/mol. The van der Waals surface area contributed by atoms with Gasteiger partial charge in [0.15, 0.2) is 0 Å². The molecule has 0 unspecified atom stereocenters. The first-order valence-electron chi connectivity index (χ1n) is 8.33. The zero-order chi connectivity index (χ0) is 17.8. The second-order valence-electron chi connectivity index (χ2n) is 6.18.